The highest BCUT2D eigenvalue weighted by Crippen LogP contribution is 2.20. The van der Waals surface area contributed by atoms with Gasteiger partial charge in [0.05, 0.1) is 11.8 Å². The molecule has 0 spiro atoms. The van der Waals surface area contributed by atoms with Crippen LogP contribution in [0.3, 0.4) is 0 Å². The van der Waals surface area contributed by atoms with E-state index in [1.54, 1.807) is 12.1 Å². The molecule has 4 N–H and O–H groups in total. The number of unbranched alkanes of at least 4 members (excludes halogenated alkanes) is 1. The normalized spacial score (nSPS) is 12.7. The first-order chi connectivity index (χ1) is 7.66. The third kappa shape index (κ3) is 3.47. The Morgan fingerprint density at radius 2 is 2.25 bits per heavy atom. The molecule has 0 aromatic heterocycles. The number of hydrogen-bond acceptors (Lipinski definition) is 3. The van der Waals surface area contributed by atoms with E-state index in [0.29, 0.717) is 6.54 Å². The summed E-state index contributed by atoms with van der Waals surface area (Å²) in [6.07, 6.45) is 1.29. The molecule has 16 heavy (non-hydrogen) atoms. The van der Waals surface area contributed by atoms with Crippen molar-refractivity contribution in [3.8, 4) is 0 Å². The van der Waals surface area contributed by atoms with Crippen molar-refractivity contribution in [1.29, 1.82) is 0 Å². The predicted molar refractivity (Wildman–Crippen MR) is 63.5 cm³/mol. The molecule has 0 saturated carbocycles. The lowest BCUT2D eigenvalue weighted by Crippen LogP contribution is -2.23. The molecule has 0 amide bonds. The SMILES string of the molecule is CCCCNCC(O)c1cccc(N)c1F. The summed E-state index contributed by atoms with van der Waals surface area (Å²) in [5, 5.41) is 12.8. The van der Waals surface area contributed by atoms with E-state index in [0.717, 1.165) is 19.4 Å². The van der Waals surface area contributed by atoms with Crippen molar-refractivity contribution in [2.24, 2.45) is 0 Å². The summed E-state index contributed by atoms with van der Waals surface area (Å²) in [6.45, 7) is 3.27. The molecule has 90 valence electrons. The Kier molecular flexibility index (Phi) is 5.22. The van der Waals surface area contributed by atoms with Crippen LogP contribution < -0.4 is 11.1 Å². The van der Waals surface area contributed by atoms with E-state index in [1.165, 1.54) is 6.07 Å². The second-order valence-electron chi connectivity index (χ2n) is 3.82. The Bertz CT molecular complexity index is 331. The van der Waals surface area contributed by atoms with Crippen LogP contribution in [0.25, 0.3) is 0 Å². The van der Waals surface area contributed by atoms with Crippen LogP contribution in [0.4, 0.5) is 10.1 Å². The molecule has 0 saturated heterocycles. The van der Waals surface area contributed by atoms with Gasteiger partial charge in [0.25, 0.3) is 0 Å². The Balaban J connectivity index is 2.52. The fourth-order valence-electron chi connectivity index (χ4n) is 1.48. The molecule has 0 aliphatic rings. The van der Waals surface area contributed by atoms with Gasteiger partial charge in [0.1, 0.15) is 0 Å². The molecule has 1 rings (SSSR count). The zero-order chi connectivity index (χ0) is 12.0. The summed E-state index contributed by atoms with van der Waals surface area (Å²) in [6, 6.07) is 4.68. The quantitative estimate of drug-likeness (QED) is 0.512. The van der Waals surface area contributed by atoms with Gasteiger partial charge < -0.3 is 16.2 Å². The highest BCUT2D eigenvalue weighted by molar-refractivity contribution is 5.43. The first-order valence-electron chi connectivity index (χ1n) is 5.59. The summed E-state index contributed by atoms with van der Waals surface area (Å²) >= 11 is 0. The van der Waals surface area contributed by atoms with Gasteiger partial charge in [0, 0.05) is 12.1 Å². The number of aliphatic hydroxyl groups is 1. The maximum Gasteiger partial charge on any atom is 0.151 e. The number of rotatable bonds is 6. The molecule has 1 aromatic rings. The van der Waals surface area contributed by atoms with E-state index < -0.39 is 11.9 Å². The third-order valence-corrected chi connectivity index (χ3v) is 2.46. The molecule has 3 nitrogen and oxygen atoms in total. The Hall–Kier alpha value is -1.13. The number of aliphatic hydroxyl groups excluding tert-OH is 1. The summed E-state index contributed by atoms with van der Waals surface area (Å²) in [4.78, 5) is 0. The van der Waals surface area contributed by atoms with Gasteiger partial charge in [-0.2, -0.15) is 0 Å². The van der Waals surface area contributed by atoms with Crippen LogP contribution in [-0.4, -0.2) is 18.2 Å². The summed E-state index contributed by atoms with van der Waals surface area (Å²) in [5.41, 5.74) is 5.76. The monoisotopic (exact) mass is 226 g/mol. The van der Waals surface area contributed by atoms with Gasteiger partial charge >= 0.3 is 0 Å². The van der Waals surface area contributed by atoms with Crippen LogP contribution in [0.2, 0.25) is 0 Å². The average molecular weight is 226 g/mol. The number of anilines is 1. The third-order valence-electron chi connectivity index (χ3n) is 2.46. The Morgan fingerprint density at radius 3 is 2.94 bits per heavy atom. The number of hydrogen-bond donors (Lipinski definition) is 3. The van der Waals surface area contributed by atoms with E-state index in [9.17, 15) is 9.50 Å². The maximum atomic E-state index is 13.5. The van der Waals surface area contributed by atoms with E-state index in [2.05, 4.69) is 12.2 Å². The fourth-order valence-corrected chi connectivity index (χ4v) is 1.48. The zero-order valence-corrected chi connectivity index (χ0v) is 9.54. The molecule has 4 heteroatoms. The fraction of sp³-hybridized carbons (Fsp3) is 0.500. The van der Waals surface area contributed by atoms with Gasteiger partial charge in [-0.3, -0.25) is 0 Å². The minimum absolute atomic E-state index is 0.0742. The minimum Gasteiger partial charge on any atom is -0.396 e. The van der Waals surface area contributed by atoms with Crippen molar-refractivity contribution in [1.82, 2.24) is 5.32 Å². The van der Waals surface area contributed by atoms with Crippen molar-refractivity contribution in [3.05, 3.63) is 29.6 Å². The maximum absolute atomic E-state index is 13.5. The number of benzene rings is 1. The second kappa shape index (κ2) is 6.45. The zero-order valence-electron chi connectivity index (χ0n) is 9.54. The lowest BCUT2D eigenvalue weighted by molar-refractivity contribution is 0.170. The van der Waals surface area contributed by atoms with Crippen molar-refractivity contribution < 1.29 is 9.50 Å². The van der Waals surface area contributed by atoms with Gasteiger partial charge in [0.15, 0.2) is 5.82 Å². The molecule has 1 atom stereocenters. The molecule has 0 radical (unpaired) electrons. The minimum atomic E-state index is -0.847. The van der Waals surface area contributed by atoms with Crippen LogP contribution in [0, 0.1) is 5.82 Å². The Labute approximate surface area is 95.5 Å². The van der Waals surface area contributed by atoms with Crippen LogP contribution in [-0.2, 0) is 0 Å². The van der Waals surface area contributed by atoms with E-state index in [1.807, 2.05) is 0 Å². The molecule has 1 unspecified atom stereocenters. The molecule has 0 bridgehead atoms. The molecule has 0 fully saturated rings. The topological polar surface area (TPSA) is 58.3 Å². The number of halogens is 1. The second-order valence-corrected chi connectivity index (χ2v) is 3.82. The molecule has 0 aliphatic carbocycles. The summed E-state index contributed by atoms with van der Waals surface area (Å²) in [7, 11) is 0. The van der Waals surface area contributed by atoms with Gasteiger partial charge in [-0.25, -0.2) is 4.39 Å². The van der Waals surface area contributed by atoms with Gasteiger partial charge in [-0.05, 0) is 19.0 Å². The first-order valence-corrected chi connectivity index (χ1v) is 5.59. The summed E-state index contributed by atoms with van der Waals surface area (Å²) in [5.74, 6) is -0.521. The van der Waals surface area contributed by atoms with Gasteiger partial charge in [0.2, 0.25) is 0 Å². The van der Waals surface area contributed by atoms with Gasteiger partial charge in [-0.1, -0.05) is 25.5 Å². The molecule has 1 aromatic carbocycles. The van der Waals surface area contributed by atoms with Crippen LogP contribution in [0.1, 0.15) is 31.4 Å². The lowest BCUT2D eigenvalue weighted by atomic mass is 10.1. The lowest BCUT2D eigenvalue weighted by Gasteiger charge is -2.13. The van der Waals surface area contributed by atoms with Crippen LogP contribution >= 0.6 is 0 Å². The van der Waals surface area contributed by atoms with Crippen molar-refractivity contribution >= 4 is 5.69 Å². The van der Waals surface area contributed by atoms with E-state index in [-0.39, 0.29) is 11.3 Å². The average Bonchev–Trinajstić information content (AvgIpc) is 2.28. The highest BCUT2D eigenvalue weighted by Gasteiger charge is 2.13. The predicted octanol–water partition coefficient (Wildman–Crippen LogP) is 1.83. The smallest absolute Gasteiger partial charge is 0.151 e. The Morgan fingerprint density at radius 1 is 1.50 bits per heavy atom. The largest absolute Gasteiger partial charge is 0.396 e. The van der Waals surface area contributed by atoms with Crippen molar-refractivity contribution in [3.63, 3.8) is 0 Å². The van der Waals surface area contributed by atoms with Gasteiger partial charge in [-0.15, -0.1) is 0 Å². The number of nitrogens with two attached hydrogens (primary N) is 1. The summed E-state index contributed by atoms with van der Waals surface area (Å²) < 4.78 is 13.5. The van der Waals surface area contributed by atoms with Crippen molar-refractivity contribution in [2.45, 2.75) is 25.9 Å². The number of nitrogen functional groups attached to an aromatic ring is 1. The van der Waals surface area contributed by atoms with Crippen LogP contribution in [0.5, 0.6) is 0 Å². The standard InChI is InChI=1S/C12H19FN2O/c1-2-3-7-15-8-11(16)9-5-4-6-10(14)12(9)13/h4-6,11,15-16H,2-3,7-8,14H2,1H3. The van der Waals surface area contributed by atoms with Crippen LogP contribution in [0.15, 0.2) is 18.2 Å². The molecule has 0 heterocycles. The van der Waals surface area contributed by atoms with E-state index in [4.69, 9.17) is 5.73 Å². The molecule has 0 aliphatic heterocycles. The van der Waals surface area contributed by atoms with Crippen molar-refractivity contribution in [2.75, 3.05) is 18.8 Å². The number of nitrogens with one attached hydrogen (secondary N) is 1. The van der Waals surface area contributed by atoms with E-state index >= 15 is 0 Å². The molecular weight excluding hydrogens is 207 g/mol. The molecular formula is C12H19FN2O. The highest BCUT2D eigenvalue weighted by atomic mass is 19.1. The first kappa shape index (κ1) is 12.9.